The molecule has 0 radical (unpaired) electrons. The first-order valence-electron chi connectivity index (χ1n) is 6.35. The van der Waals surface area contributed by atoms with Crippen molar-refractivity contribution < 1.29 is 4.79 Å². The molecule has 0 saturated carbocycles. The molecule has 0 bridgehead atoms. The Balaban J connectivity index is 2.04. The number of hydrogen-bond donors (Lipinski definition) is 1. The van der Waals surface area contributed by atoms with Gasteiger partial charge >= 0.3 is 0 Å². The van der Waals surface area contributed by atoms with Crippen molar-refractivity contribution in [3.63, 3.8) is 0 Å². The lowest BCUT2D eigenvalue weighted by Crippen LogP contribution is -2.35. The number of amides is 1. The fourth-order valence-corrected chi connectivity index (χ4v) is 3.82. The molecule has 3 nitrogen and oxygen atoms in total. The van der Waals surface area contributed by atoms with Crippen molar-refractivity contribution in [1.29, 1.82) is 0 Å². The lowest BCUT2D eigenvalue weighted by Gasteiger charge is -2.29. The number of carbonyl (C=O) groups excluding carboxylic acids is 1. The van der Waals surface area contributed by atoms with E-state index in [-0.39, 0.29) is 5.91 Å². The Morgan fingerprint density at radius 3 is 2.90 bits per heavy atom. The number of anilines is 2. The maximum absolute atomic E-state index is 12.8. The Labute approximate surface area is 140 Å². The van der Waals surface area contributed by atoms with Crippen LogP contribution in [0.3, 0.4) is 0 Å². The minimum absolute atomic E-state index is 0.0727. The van der Waals surface area contributed by atoms with Crippen LogP contribution >= 0.6 is 39.3 Å². The second-order valence-electron chi connectivity index (χ2n) is 4.66. The van der Waals surface area contributed by atoms with E-state index in [0.29, 0.717) is 22.8 Å². The summed E-state index contributed by atoms with van der Waals surface area (Å²) in [5.74, 6) is 0.789. The molecule has 0 aromatic heterocycles. The lowest BCUT2D eigenvalue weighted by atomic mass is 10.1. The maximum atomic E-state index is 12.8. The average molecular weight is 384 g/mol. The molecular weight excluding hydrogens is 372 g/mol. The highest BCUT2D eigenvalue weighted by Gasteiger charge is 2.25. The number of nitrogens with zero attached hydrogens (tertiary/aromatic N) is 1. The standard InChI is InChI=1S/C15H12BrClN2OS/c16-12-3-1-9(17)7-11(12)15(20)19-5-6-21-14-4-2-10(18)8-13(14)19/h1-4,7-8H,5-6,18H2. The van der Waals surface area contributed by atoms with Gasteiger partial charge in [0, 0.05) is 32.4 Å². The van der Waals surface area contributed by atoms with Crippen molar-refractivity contribution in [2.45, 2.75) is 4.90 Å². The van der Waals surface area contributed by atoms with Crippen LogP contribution in [0.1, 0.15) is 10.4 Å². The SMILES string of the molecule is Nc1ccc2c(c1)N(C(=O)c1cc(Cl)ccc1Br)CCS2. The van der Waals surface area contributed by atoms with Gasteiger partial charge < -0.3 is 10.6 Å². The van der Waals surface area contributed by atoms with Gasteiger partial charge in [0.25, 0.3) is 5.91 Å². The third-order valence-electron chi connectivity index (χ3n) is 3.25. The van der Waals surface area contributed by atoms with Gasteiger partial charge in [0.05, 0.1) is 11.3 Å². The van der Waals surface area contributed by atoms with Crippen LogP contribution in [-0.4, -0.2) is 18.2 Å². The van der Waals surface area contributed by atoms with E-state index >= 15 is 0 Å². The van der Waals surface area contributed by atoms with Crippen LogP contribution in [0.5, 0.6) is 0 Å². The molecule has 1 aliphatic rings. The summed E-state index contributed by atoms with van der Waals surface area (Å²) in [5, 5.41) is 0.542. The predicted octanol–water partition coefficient (Wildman–Crippen LogP) is 4.44. The van der Waals surface area contributed by atoms with Gasteiger partial charge in [0.15, 0.2) is 0 Å². The largest absolute Gasteiger partial charge is 0.399 e. The zero-order chi connectivity index (χ0) is 15.0. The van der Waals surface area contributed by atoms with Crippen LogP contribution < -0.4 is 10.6 Å². The Morgan fingerprint density at radius 1 is 1.29 bits per heavy atom. The van der Waals surface area contributed by atoms with Gasteiger partial charge in [0.1, 0.15) is 0 Å². The summed E-state index contributed by atoms with van der Waals surface area (Å²) >= 11 is 11.2. The highest BCUT2D eigenvalue weighted by molar-refractivity contribution is 9.10. The number of hydrogen-bond acceptors (Lipinski definition) is 3. The molecule has 0 saturated heterocycles. The monoisotopic (exact) mass is 382 g/mol. The van der Waals surface area contributed by atoms with Crippen LogP contribution in [0.15, 0.2) is 45.8 Å². The van der Waals surface area contributed by atoms with Crippen LogP contribution in [0.25, 0.3) is 0 Å². The van der Waals surface area contributed by atoms with Gasteiger partial charge in [-0.3, -0.25) is 4.79 Å². The number of thioether (sulfide) groups is 1. The molecule has 1 aliphatic heterocycles. The van der Waals surface area contributed by atoms with Crippen LogP contribution in [0, 0.1) is 0 Å². The van der Waals surface area contributed by atoms with E-state index in [1.54, 1.807) is 34.9 Å². The van der Waals surface area contributed by atoms with Gasteiger partial charge in [-0.15, -0.1) is 11.8 Å². The molecule has 6 heteroatoms. The summed E-state index contributed by atoms with van der Waals surface area (Å²) in [5.41, 5.74) is 7.93. The summed E-state index contributed by atoms with van der Waals surface area (Å²) in [6.07, 6.45) is 0. The van der Waals surface area contributed by atoms with E-state index in [4.69, 9.17) is 17.3 Å². The van der Waals surface area contributed by atoms with E-state index < -0.39 is 0 Å². The second kappa shape index (κ2) is 5.91. The smallest absolute Gasteiger partial charge is 0.259 e. The number of halogens is 2. The van der Waals surface area contributed by atoms with E-state index in [9.17, 15) is 4.79 Å². The molecule has 0 aliphatic carbocycles. The summed E-state index contributed by atoms with van der Waals surface area (Å²) in [4.78, 5) is 15.7. The van der Waals surface area contributed by atoms with Crippen molar-refractivity contribution in [1.82, 2.24) is 0 Å². The summed E-state index contributed by atoms with van der Waals surface area (Å²) in [6.45, 7) is 0.652. The summed E-state index contributed by atoms with van der Waals surface area (Å²) < 4.78 is 0.737. The van der Waals surface area contributed by atoms with E-state index in [2.05, 4.69) is 15.9 Å². The highest BCUT2D eigenvalue weighted by atomic mass is 79.9. The molecule has 2 aromatic rings. The number of nitrogen functional groups attached to an aromatic ring is 1. The zero-order valence-electron chi connectivity index (χ0n) is 11.0. The predicted molar refractivity (Wildman–Crippen MR) is 92.4 cm³/mol. The summed E-state index contributed by atoms with van der Waals surface area (Å²) in [6, 6.07) is 10.9. The fourth-order valence-electron chi connectivity index (χ4n) is 2.25. The van der Waals surface area contributed by atoms with E-state index in [1.165, 1.54) is 0 Å². The third-order valence-corrected chi connectivity index (χ3v) is 5.22. The normalized spacial score (nSPS) is 13.9. The molecule has 0 unspecified atom stereocenters. The first-order valence-corrected chi connectivity index (χ1v) is 8.51. The quantitative estimate of drug-likeness (QED) is 0.741. The van der Waals surface area contributed by atoms with Gasteiger partial charge in [0.2, 0.25) is 0 Å². The molecule has 108 valence electrons. The second-order valence-corrected chi connectivity index (χ2v) is 7.08. The Kier molecular flexibility index (Phi) is 4.15. The average Bonchev–Trinajstić information content (AvgIpc) is 2.48. The molecule has 0 spiro atoms. The van der Waals surface area contributed by atoms with Crippen molar-refractivity contribution in [3.05, 3.63) is 51.5 Å². The van der Waals surface area contributed by atoms with Crippen LogP contribution in [-0.2, 0) is 0 Å². The minimum Gasteiger partial charge on any atom is -0.399 e. The molecule has 2 aromatic carbocycles. The molecule has 1 heterocycles. The number of benzene rings is 2. The summed E-state index contributed by atoms with van der Waals surface area (Å²) in [7, 11) is 0. The number of nitrogens with two attached hydrogens (primary N) is 1. The van der Waals surface area contributed by atoms with Gasteiger partial charge in [-0.05, 0) is 52.3 Å². The molecule has 1 amide bonds. The number of fused-ring (bicyclic) bond motifs is 1. The number of rotatable bonds is 1. The van der Waals surface area contributed by atoms with E-state index in [0.717, 1.165) is 20.8 Å². The molecule has 3 rings (SSSR count). The Bertz CT molecular complexity index is 723. The minimum atomic E-state index is -0.0727. The number of carbonyl (C=O) groups is 1. The Hall–Kier alpha value is -1.17. The highest BCUT2D eigenvalue weighted by Crippen LogP contribution is 2.37. The lowest BCUT2D eigenvalue weighted by molar-refractivity contribution is 0.0987. The topological polar surface area (TPSA) is 46.3 Å². The van der Waals surface area contributed by atoms with Crippen molar-refractivity contribution in [2.24, 2.45) is 0 Å². The van der Waals surface area contributed by atoms with Crippen molar-refractivity contribution in [2.75, 3.05) is 22.9 Å². The first kappa shape index (κ1) is 14.8. The van der Waals surface area contributed by atoms with Gasteiger partial charge in [-0.1, -0.05) is 11.6 Å². The molecule has 0 fully saturated rings. The van der Waals surface area contributed by atoms with Crippen LogP contribution in [0.2, 0.25) is 5.02 Å². The molecule has 2 N–H and O–H groups in total. The van der Waals surface area contributed by atoms with Gasteiger partial charge in [-0.2, -0.15) is 0 Å². The van der Waals surface area contributed by atoms with Crippen LogP contribution in [0.4, 0.5) is 11.4 Å². The van der Waals surface area contributed by atoms with Crippen molar-refractivity contribution in [3.8, 4) is 0 Å². The molecule has 21 heavy (non-hydrogen) atoms. The first-order chi connectivity index (χ1) is 10.1. The van der Waals surface area contributed by atoms with Gasteiger partial charge in [-0.25, -0.2) is 0 Å². The fraction of sp³-hybridized carbons (Fsp3) is 0.133. The molecular formula is C15H12BrClN2OS. The maximum Gasteiger partial charge on any atom is 0.259 e. The zero-order valence-corrected chi connectivity index (χ0v) is 14.1. The third kappa shape index (κ3) is 2.91. The van der Waals surface area contributed by atoms with E-state index in [1.807, 2.05) is 18.2 Å². The Morgan fingerprint density at radius 2 is 2.10 bits per heavy atom. The molecule has 0 atom stereocenters. The van der Waals surface area contributed by atoms with Crippen molar-refractivity contribution >= 4 is 56.6 Å².